The molecule has 5 rings (SSSR count). The first-order valence-electron chi connectivity index (χ1n) is 11.8. The molecule has 0 radical (unpaired) electrons. The van der Waals surface area contributed by atoms with Crippen molar-refractivity contribution in [2.45, 2.75) is 32.4 Å². The first kappa shape index (κ1) is 23.2. The molecule has 0 unspecified atom stereocenters. The van der Waals surface area contributed by atoms with Gasteiger partial charge in [0.1, 0.15) is 10.5 Å². The maximum Gasteiger partial charge on any atom is 0.273 e. The molecule has 2 aromatic heterocycles. The van der Waals surface area contributed by atoms with Gasteiger partial charge in [-0.3, -0.25) is 14.2 Å². The molecule has 0 aliphatic carbocycles. The van der Waals surface area contributed by atoms with Gasteiger partial charge >= 0.3 is 0 Å². The Kier molecular flexibility index (Phi) is 6.63. The number of rotatable bonds is 6. The van der Waals surface area contributed by atoms with Gasteiger partial charge in [0.2, 0.25) is 11.9 Å². The Morgan fingerprint density at radius 2 is 1.94 bits per heavy atom. The third-order valence-corrected chi connectivity index (χ3v) is 7.42. The van der Waals surface area contributed by atoms with E-state index in [1.54, 1.807) is 16.7 Å². The molecule has 35 heavy (non-hydrogen) atoms. The Morgan fingerprint density at radius 3 is 2.71 bits per heavy atom. The van der Waals surface area contributed by atoms with Gasteiger partial charge in [-0.1, -0.05) is 42.5 Å². The van der Waals surface area contributed by atoms with Crippen LogP contribution in [0.4, 0.5) is 10.3 Å². The van der Waals surface area contributed by atoms with Crippen molar-refractivity contribution in [2.75, 3.05) is 18.0 Å². The lowest BCUT2D eigenvalue weighted by molar-refractivity contribution is -0.125. The third kappa shape index (κ3) is 4.98. The SMILES string of the molecule is C[C@@H](NC(=O)[C@@H]1CCCN(c2nc3ccsc3c(=O)n2Cc2ccccc2)C1)c1ccc(F)cc1. The summed E-state index contributed by atoms with van der Waals surface area (Å²) in [5, 5.41) is 4.96. The van der Waals surface area contributed by atoms with Crippen LogP contribution in [-0.4, -0.2) is 28.5 Å². The zero-order valence-corrected chi connectivity index (χ0v) is 20.3. The van der Waals surface area contributed by atoms with E-state index in [0.29, 0.717) is 29.3 Å². The summed E-state index contributed by atoms with van der Waals surface area (Å²) >= 11 is 1.40. The smallest absolute Gasteiger partial charge is 0.273 e. The predicted molar refractivity (Wildman–Crippen MR) is 137 cm³/mol. The van der Waals surface area contributed by atoms with Gasteiger partial charge in [-0.2, -0.15) is 0 Å². The molecule has 1 amide bonds. The van der Waals surface area contributed by atoms with Crippen LogP contribution in [-0.2, 0) is 11.3 Å². The minimum absolute atomic E-state index is 0.0416. The van der Waals surface area contributed by atoms with Gasteiger partial charge in [0.15, 0.2) is 0 Å². The van der Waals surface area contributed by atoms with E-state index >= 15 is 0 Å². The number of hydrogen-bond donors (Lipinski definition) is 1. The molecule has 2 aromatic carbocycles. The second kappa shape index (κ2) is 10.00. The van der Waals surface area contributed by atoms with E-state index in [2.05, 4.69) is 10.2 Å². The van der Waals surface area contributed by atoms with Gasteiger partial charge in [-0.05, 0) is 54.5 Å². The fourth-order valence-corrected chi connectivity index (χ4v) is 5.40. The largest absolute Gasteiger partial charge is 0.349 e. The normalized spacial score (nSPS) is 16.9. The zero-order chi connectivity index (χ0) is 24.4. The molecule has 1 N–H and O–H groups in total. The summed E-state index contributed by atoms with van der Waals surface area (Å²) < 4.78 is 15.6. The van der Waals surface area contributed by atoms with E-state index in [1.165, 1.54) is 23.5 Å². The zero-order valence-electron chi connectivity index (χ0n) is 19.5. The van der Waals surface area contributed by atoms with Crippen LogP contribution in [0, 0.1) is 11.7 Å². The van der Waals surface area contributed by atoms with Gasteiger partial charge in [-0.15, -0.1) is 11.3 Å². The first-order chi connectivity index (χ1) is 17.0. The van der Waals surface area contributed by atoms with Gasteiger partial charge in [0.25, 0.3) is 5.56 Å². The molecule has 0 bridgehead atoms. The van der Waals surface area contributed by atoms with Crippen molar-refractivity contribution < 1.29 is 9.18 Å². The summed E-state index contributed by atoms with van der Waals surface area (Å²) in [7, 11) is 0. The summed E-state index contributed by atoms with van der Waals surface area (Å²) in [6.45, 7) is 3.53. The number of nitrogens with zero attached hydrogens (tertiary/aromatic N) is 3. The van der Waals surface area contributed by atoms with Gasteiger partial charge in [0, 0.05) is 13.1 Å². The Bertz CT molecular complexity index is 1380. The molecule has 0 spiro atoms. The molecule has 1 aliphatic rings. The maximum absolute atomic E-state index is 13.4. The fourth-order valence-electron chi connectivity index (χ4n) is 4.62. The van der Waals surface area contributed by atoms with Crippen molar-refractivity contribution in [1.82, 2.24) is 14.9 Å². The molecule has 3 heterocycles. The number of hydrogen-bond acceptors (Lipinski definition) is 5. The van der Waals surface area contributed by atoms with Crippen LogP contribution in [0.5, 0.6) is 0 Å². The number of thiophene rings is 1. The fraction of sp³-hybridized carbons (Fsp3) is 0.296. The van der Waals surface area contributed by atoms with Crippen molar-refractivity contribution >= 4 is 33.4 Å². The van der Waals surface area contributed by atoms with Gasteiger partial charge in [-0.25, -0.2) is 9.37 Å². The van der Waals surface area contributed by atoms with Crippen LogP contribution in [0.2, 0.25) is 0 Å². The standard InChI is InChI=1S/C27H27FN4O2S/c1-18(20-9-11-22(28)12-10-20)29-25(33)21-8-5-14-31(17-21)27-30-23-13-15-35-24(23)26(34)32(27)16-19-6-3-2-4-7-19/h2-4,6-7,9-13,15,18,21H,5,8,14,16-17H2,1H3,(H,29,33)/t18-,21-/m1/s1. The summed E-state index contributed by atoms with van der Waals surface area (Å²) in [6, 6.07) is 17.7. The van der Waals surface area contributed by atoms with Crippen molar-refractivity contribution in [3.05, 3.63) is 93.3 Å². The number of carbonyl (C=O) groups is 1. The lowest BCUT2D eigenvalue weighted by Crippen LogP contribution is -2.45. The summed E-state index contributed by atoms with van der Waals surface area (Å²) in [4.78, 5) is 33.5. The van der Waals surface area contributed by atoms with Crippen molar-refractivity contribution in [1.29, 1.82) is 0 Å². The highest BCUT2D eigenvalue weighted by molar-refractivity contribution is 7.17. The topological polar surface area (TPSA) is 67.2 Å². The number of halogens is 1. The molecule has 1 saturated heterocycles. The van der Waals surface area contributed by atoms with Crippen LogP contribution >= 0.6 is 11.3 Å². The Morgan fingerprint density at radius 1 is 1.17 bits per heavy atom. The van der Waals surface area contributed by atoms with Crippen LogP contribution in [0.3, 0.4) is 0 Å². The number of anilines is 1. The highest BCUT2D eigenvalue weighted by Gasteiger charge is 2.29. The first-order valence-corrected chi connectivity index (χ1v) is 12.7. The van der Waals surface area contributed by atoms with Crippen molar-refractivity contribution in [2.24, 2.45) is 5.92 Å². The average molecular weight is 491 g/mol. The number of piperidine rings is 1. The quantitative estimate of drug-likeness (QED) is 0.424. The number of aromatic nitrogens is 2. The third-order valence-electron chi connectivity index (χ3n) is 6.53. The second-order valence-electron chi connectivity index (χ2n) is 8.99. The van der Waals surface area contributed by atoms with E-state index in [9.17, 15) is 14.0 Å². The minimum atomic E-state index is -0.299. The lowest BCUT2D eigenvalue weighted by atomic mass is 9.96. The molecule has 2 atom stereocenters. The molecule has 8 heteroatoms. The van der Waals surface area contributed by atoms with Crippen molar-refractivity contribution in [3.63, 3.8) is 0 Å². The lowest BCUT2D eigenvalue weighted by Gasteiger charge is -2.34. The number of amides is 1. The summed E-state index contributed by atoms with van der Waals surface area (Å²) in [6.07, 6.45) is 1.59. The highest BCUT2D eigenvalue weighted by Crippen LogP contribution is 2.26. The monoisotopic (exact) mass is 490 g/mol. The van der Waals surface area contributed by atoms with E-state index in [0.717, 1.165) is 30.5 Å². The molecule has 1 aliphatic heterocycles. The number of benzene rings is 2. The highest BCUT2D eigenvalue weighted by atomic mass is 32.1. The Labute approximate surface area is 207 Å². The maximum atomic E-state index is 13.4. The molecule has 1 fully saturated rings. The Balaban J connectivity index is 1.39. The number of fused-ring (bicyclic) bond motifs is 1. The van der Waals surface area contributed by atoms with Crippen molar-refractivity contribution in [3.8, 4) is 0 Å². The Hall–Kier alpha value is -3.52. The summed E-state index contributed by atoms with van der Waals surface area (Å²) in [5.41, 5.74) is 2.51. The van der Waals surface area contributed by atoms with Crippen LogP contribution in [0.25, 0.3) is 10.2 Å². The van der Waals surface area contributed by atoms with Gasteiger partial charge in [0.05, 0.1) is 24.0 Å². The molecule has 6 nitrogen and oxygen atoms in total. The van der Waals surface area contributed by atoms with E-state index in [-0.39, 0.29) is 29.2 Å². The van der Waals surface area contributed by atoms with E-state index in [1.807, 2.05) is 48.7 Å². The number of nitrogens with one attached hydrogen (secondary N) is 1. The second-order valence-corrected chi connectivity index (χ2v) is 9.91. The molecular formula is C27H27FN4O2S. The predicted octanol–water partition coefficient (Wildman–Crippen LogP) is 4.74. The molecular weight excluding hydrogens is 463 g/mol. The van der Waals surface area contributed by atoms with Crippen LogP contribution < -0.4 is 15.8 Å². The average Bonchev–Trinajstić information content (AvgIpc) is 3.36. The molecule has 0 saturated carbocycles. The summed E-state index contributed by atoms with van der Waals surface area (Å²) in [5.74, 6) is 0.0349. The minimum Gasteiger partial charge on any atom is -0.349 e. The molecule has 180 valence electrons. The van der Waals surface area contributed by atoms with E-state index in [4.69, 9.17) is 4.98 Å². The van der Waals surface area contributed by atoms with E-state index < -0.39 is 0 Å². The van der Waals surface area contributed by atoms with Crippen LogP contribution in [0.1, 0.15) is 36.9 Å². The molecule has 4 aromatic rings. The van der Waals surface area contributed by atoms with Gasteiger partial charge < -0.3 is 10.2 Å². The number of carbonyl (C=O) groups excluding carboxylic acids is 1. The van der Waals surface area contributed by atoms with Crippen LogP contribution in [0.15, 0.2) is 70.8 Å².